The lowest BCUT2D eigenvalue weighted by molar-refractivity contribution is -0.145. The molecule has 1 atom stereocenters. The molecule has 3 fully saturated rings. The monoisotopic (exact) mass is 316 g/mol. The van der Waals surface area contributed by atoms with Crippen LogP contribution in [0.5, 0.6) is 0 Å². The fourth-order valence-electron chi connectivity index (χ4n) is 4.36. The van der Waals surface area contributed by atoms with Crippen molar-refractivity contribution >= 4 is 5.91 Å². The minimum absolute atomic E-state index is 0.0567. The number of carbonyl (C=O) groups excluding carboxylic acids is 1. The predicted molar refractivity (Wildman–Crippen MR) is 88.9 cm³/mol. The number of amides is 1. The minimum Gasteiger partial charge on any atom is -0.342 e. The third-order valence-electron chi connectivity index (χ3n) is 5.85. The van der Waals surface area contributed by atoms with Crippen LogP contribution in [0.1, 0.15) is 38.5 Å². The number of aromatic nitrogens is 2. The van der Waals surface area contributed by atoms with Gasteiger partial charge in [-0.1, -0.05) is 0 Å². The Morgan fingerprint density at radius 2 is 2.13 bits per heavy atom. The van der Waals surface area contributed by atoms with Gasteiger partial charge in [-0.3, -0.25) is 9.48 Å². The van der Waals surface area contributed by atoms with Gasteiger partial charge in [0, 0.05) is 38.6 Å². The van der Waals surface area contributed by atoms with E-state index in [-0.39, 0.29) is 5.41 Å². The average molecular weight is 316 g/mol. The molecule has 1 amide bonds. The Morgan fingerprint density at radius 3 is 2.91 bits per heavy atom. The van der Waals surface area contributed by atoms with Gasteiger partial charge in [-0.15, -0.1) is 0 Å². The lowest BCUT2D eigenvalue weighted by Gasteiger charge is -2.39. The van der Waals surface area contributed by atoms with Crippen LogP contribution in [-0.4, -0.2) is 58.2 Å². The quantitative estimate of drug-likeness (QED) is 0.806. The lowest BCUT2D eigenvalue weighted by atomic mass is 9.78. The van der Waals surface area contributed by atoms with Crippen molar-refractivity contribution in [2.24, 2.45) is 11.3 Å². The van der Waals surface area contributed by atoms with Crippen molar-refractivity contribution in [3.05, 3.63) is 18.5 Å². The second-order valence-corrected chi connectivity index (χ2v) is 7.73. The first-order valence-corrected chi connectivity index (χ1v) is 9.24. The summed E-state index contributed by atoms with van der Waals surface area (Å²) in [5.41, 5.74) is -0.0567. The second kappa shape index (κ2) is 6.27. The maximum atomic E-state index is 13.0. The van der Waals surface area contributed by atoms with Gasteiger partial charge in [0.1, 0.15) is 0 Å². The Bertz CT molecular complexity index is 539. The van der Waals surface area contributed by atoms with Crippen LogP contribution in [0.2, 0.25) is 0 Å². The zero-order chi connectivity index (χ0) is 15.7. The van der Waals surface area contributed by atoms with Gasteiger partial charge < -0.3 is 9.80 Å². The number of rotatable bonds is 6. The highest BCUT2D eigenvalue weighted by Crippen LogP contribution is 2.41. The number of likely N-dealkylation sites (tertiary alicyclic amines) is 2. The maximum absolute atomic E-state index is 13.0. The molecule has 2 aliphatic heterocycles. The van der Waals surface area contributed by atoms with Crippen LogP contribution in [0.3, 0.4) is 0 Å². The fraction of sp³-hybridized carbons (Fsp3) is 0.778. The molecule has 0 bridgehead atoms. The molecule has 1 aromatic rings. The molecule has 1 aliphatic carbocycles. The summed E-state index contributed by atoms with van der Waals surface area (Å²) in [5, 5.41) is 4.26. The van der Waals surface area contributed by atoms with E-state index in [1.54, 1.807) is 0 Å². The summed E-state index contributed by atoms with van der Waals surface area (Å²) >= 11 is 0. The molecular formula is C18H28N4O. The number of hydrogen-bond donors (Lipinski definition) is 0. The minimum atomic E-state index is -0.0567. The first-order chi connectivity index (χ1) is 11.3. The fourth-order valence-corrected chi connectivity index (χ4v) is 4.36. The first-order valence-electron chi connectivity index (χ1n) is 9.24. The van der Waals surface area contributed by atoms with Gasteiger partial charge in [0.25, 0.3) is 0 Å². The van der Waals surface area contributed by atoms with Gasteiger partial charge in [-0.2, -0.15) is 5.10 Å². The topological polar surface area (TPSA) is 41.4 Å². The molecular weight excluding hydrogens is 288 g/mol. The number of aryl methyl sites for hydroxylation is 1. The van der Waals surface area contributed by atoms with Gasteiger partial charge in [0.2, 0.25) is 5.91 Å². The van der Waals surface area contributed by atoms with Crippen molar-refractivity contribution in [2.45, 2.75) is 45.1 Å². The summed E-state index contributed by atoms with van der Waals surface area (Å²) in [5.74, 6) is 1.27. The molecule has 23 heavy (non-hydrogen) atoms. The Kier molecular flexibility index (Phi) is 4.14. The van der Waals surface area contributed by atoms with Crippen LogP contribution in [0.4, 0.5) is 0 Å². The number of nitrogens with zero attached hydrogens (tertiary/aromatic N) is 4. The molecule has 5 heteroatoms. The van der Waals surface area contributed by atoms with Crippen LogP contribution in [0.15, 0.2) is 18.5 Å². The third kappa shape index (κ3) is 3.30. The van der Waals surface area contributed by atoms with E-state index in [0.717, 1.165) is 64.4 Å². The van der Waals surface area contributed by atoms with Gasteiger partial charge >= 0.3 is 0 Å². The zero-order valence-electron chi connectivity index (χ0n) is 14.0. The normalized spacial score (nSPS) is 28.9. The molecule has 5 nitrogen and oxygen atoms in total. The summed E-state index contributed by atoms with van der Waals surface area (Å²) in [7, 11) is 0. The largest absolute Gasteiger partial charge is 0.342 e. The van der Waals surface area contributed by atoms with E-state index in [9.17, 15) is 4.79 Å². The molecule has 1 spiro atoms. The van der Waals surface area contributed by atoms with E-state index >= 15 is 0 Å². The zero-order valence-corrected chi connectivity index (χ0v) is 14.0. The highest BCUT2D eigenvalue weighted by atomic mass is 16.2. The SMILES string of the molecule is O=C1N(CC2CC2)CCCC12CCN(CCCn1cccn1)C2. The molecule has 3 heterocycles. The van der Waals surface area contributed by atoms with Crippen molar-refractivity contribution in [1.29, 1.82) is 0 Å². The summed E-state index contributed by atoms with van der Waals surface area (Å²) < 4.78 is 2.00. The summed E-state index contributed by atoms with van der Waals surface area (Å²) in [6, 6.07) is 1.97. The number of hydrogen-bond acceptors (Lipinski definition) is 3. The molecule has 3 aliphatic rings. The van der Waals surface area contributed by atoms with E-state index in [0.29, 0.717) is 5.91 Å². The lowest BCUT2D eigenvalue weighted by Crippen LogP contribution is -2.50. The Hall–Kier alpha value is -1.36. The van der Waals surface area contributed by atoms with Crippen LogP contribution in [0, 0.1) is 11.3 Å². The molecule has 2 saturated heterocycles. The van der Waals surface area contributed by atoms with Gasteiger partial charge in [0.05, 0.1) is 5.41 Å². The van der Waals surface area contributed by atoms with E-state index in [1.807, 2.05) is 23.1 Å². The molecule has 0 radical (unpaired) electrons. The average Bonchev–Trinajstić information content (AvgIpc) is 3.05. The van der Waals surface area contributed by atoms with Crippen LogP contribution < -0.4 is 0 Å². The molecule has 0 N–H and O–H groups in total. The van der Waals surface area contributed by atoms with Crippen molar-refractivity contribution in [1.82, 2.24) is 19.6 Å². The molecule has 126 valence electrons. The van der Waals surface area contributed by atoms with E-state index in [2.05, 4.69) is 14.9 Å². The third-order valence-corrected chi connectivity index (χ3v) is 5.85. The Labute approximate surface area is 138 Å². The van der Waals surface area contributed by atoms with Crippen molar-refractivity contribution in [3.8, 4) is 0 Å². The maximum Gasteiger partial charge on any atom is 0.230 e. The Balaban J connectivity index is 1.30. The van der Waals surface area contributed by atoms with E-state index in [4.69, 9.17) is 0 Å². The van der Waals surface area contributed by atoms with Crippen LogP contribution in [-0.2, 0) is 11.3 Å². The van der Waals surface area contributed by atoms with E-state index in [1.165, 1.54) is 19.3 Å². The van der Waals surface area contributed by atoms with Crippen LogP contribution in [0.25, 0.3) is 0 Å². The molecule has 0 aromatic carbocycles. The smallest absolute Gasteiger partial charge is 0.230 e. The first kappa shape index (κ1) is 15.2. The summed E-state index contributed by atoms with van der Waals surface area (Å²) in [6.45, 7) is 6.14. The molecule has 4 rings (SSSR count). The summed E-state index contributed by atoms with van der Waals surface area (Å²) in [4.78, 5) is 17.7. The standard InChI is InChI=1S/C18H28N4O/c23-17-18(6-1-10-21(17)14-16-4-5-16)7-13-20(15-18)9-3-12-22-11-2-8-19-22/h2,8,11,16H,1,3-7,9-10,12-15H2. The van der Waals surface area contributed by atoms with Crippen LogP contribution >= 0.6 is 0 Å². The van der Waals surface area contributed by atoms with Gasteiger partial charge in [0.15, 0.2) is 0 Å². The van der Waals surface area contributed by atoms with Crippen molar-refractivity contribution in [2.75, 3.05) is 32.7 Å². The molecule has 1 saturated carbocycles. The number of carbonyl (C=O) groups is 1. The highest BCUT2D eigenvalue weighted by Gasteiger charge is 2.48. The van der Waals surface area contributed by atoms with Gasteiger partial charge in [-0.25, -0.2) is 0 Å². The molecule has 1 aromatic heterocycles. The second-order valence-electron chi connectivity index (χ2n) is 7.73. The molecule has 1 unspecified atom stereocenters. The van der Waals surface area contributed by atoms with Crippen molar-refractivity contribution < 1.29 is 4.79 Å². The Morgan fingerprint density at radius 1 is 1.22 bits per heavy atom. The number of piperidine rings is 1. The highest BCUT2D eigenvalue weighted by molar-refractivity contribution is 5.84. The predicted octanol–water partition coefficient (Wildman–Crippen LogP) is 2.00. The summed E-state index contributed by atoms with van der Waals surface area (Å²) in [6.07, 6.45) is 11.0. The van der Waals surface area contributed by atoms with Gasteiger partial charge in [-0.05, 0) is 63.6 Å². The van der Waals surface area contributed by atoms with E-state index < -0.39 is 0 Å². The van der Waals surface area contributed by atoms with Crippen molar-refractivity contribution in [3.63, 3.8) is 0 Å².